The Morgan fingerprint density at radius 1 is 0.973 bits per heavy atom. The van der Waals surface area contributed by atoms with Crippen molar-refractivity contribution in [2.75, 3.05) is 10.2 Å². The molecule has 1 aliphatic heterocycles. The Morgan fingerprint density at radius 2 is 1.51 bits per heavy atom. The van der Waals surface area contributed by atoms with Crippen molar-refractivity contribution in [3.8, 4) is 0 Å². The SMILES string of the molecule is CC(=O)Nc1ccc(S(=O)(=O)NC2(C(F)(F)F)C(=O)N(c3ccc(C(C)C)cc3)C(C)=C2C(C)=O)cc1. The first-order chi connectivity index (χ1) is 17.0. The van der Waals surface area contributed by atoms with Gasteiger partial charge in [-0.15, -0.1) is 0 Å². The van der Waals surface area contributed by atoms with E-state index in [-0.39, 0.29) is 23.0 Å². The number of nitrogens with one attached hydrogen (secondary N) is 2. The van der Waals surface area contributed by atoms with Crippen molar-refractivity contribution in [1.82, 2.24) is 4.72 Å². The van der Waals surface area contributed by atoms with E-state index in [0.29, 0.717) is 4.90 Å². The number of carbonyl (C=O) groups is 3. The van der Waals surface area contributed by atoms with Gasteiger partial charge in [-0.3, -0.25) is 19.3 Å². The summed E-state index contributed by atoms with van der Waals surface area (Å²) < 4.78 is 72.1. The van der Waals surface area contributed by atoms with Crippen LogP contribution < -0.4 is 14.9 Å². The van der Waals surface area contributed by atoms with E-state index in [1.54, 1.807) is 12.1 Å². The predicted molar refractivity (Wildman–Crippen MR) is 131 cm³/mol. The number of hydrogen-bond acceptors (Lipinski definition) is 5. The molecule has 12 heteroatoms. The van der Waals surface area contributed by atoms with Crippen LogP contribution in [-0.2, 0) is 24.4 Å². The summed E-state index contributed by atoms with van der Waals surface area (Å²) in [7, 11) is -4.99. The first kappa shape index (κ1) is 28.1. The van der Waals surface area contributed by atoms with Gasteiger partial charge >= 0.3 is 6.18 Å². The van der Waals surface area contributed by atoms with Crippen LogP contribution in [0, 0.1) is 0 Å². The van der Waals surface area contributed by atoms with Crippen LogP contribution >= 0.6 is 0 Å². The molecule has 37 heavy (non-hydrogen) atoms. The number of rotatable bonds is 7. The van der Waals surface area contributed by atoms with Crippen LogP contribution in [0.4, 0.5) is 24.5 Å². The number of halogens is 3. The Balaban J connectivity index is 2.16. The molecular weight excluding hydrogens is 511 g/mol. The molecule has 198 valence electrons. The van der Waals surface area contributed by atoms with E-state index in [2.05, 4.69) is 5.32 Å². The lowest BCUT2D eigenvalue weighted by Gasteiger charge is -2.33. The molecule has 0 aromatic heterocycles. The topological polar surface area (TPSA) is 113 Å². The van der Waals surface area contributed by atoms with E-state index in [9.17, 15) is 36.0 Å². The van der Waals surface area contributed by atoms with Crippen molar-refractivity contribution in [2.24, 2.45) is 0 Å². The Bertz CT molecular complexity index is 1380. The number of Topliss-reactive ketones (excluding diaryl/α,β-unsaturated/α-hetero) is 1. The monoisotopic (exact) mass is 537 g/mol. The zero-order chi connectivity index (χ0) is 27.9. The first-order valence-corrected chi connectivity index (χ1v) is 12.7. The van der Waals surface area contributed by atoms with E-state index in [4.69, 9.17) is 0 Å². The van der Waals surface area contributed by atoms with Crippen LogP contribution in [0.15, 0.2) is 64.7 Å². The second-order valence-electron chi connectivity index (χ2n) is 8.96. The Labute approximate surface area is 212 Å². The second kappa shape index (κ2) is 9.75. The summed E-state index contributed by atoms with van der Waals surface area (Å²) in [4.78, 5) is 37.4. The number of nitrogens with zero attached hydrogens (tertiary/aromatic N) is 1. The van der Waals surface area contributed by atoms with Gasteiger partial charge in [-0.1, -0.05) is 26.0 Å². The third-order valence-electron chi connectivity index (χ3n) is 5.96. The summed E-state index contributed by atoms with van der Waals surface area (Å²) in [6, 6.07) is 10.5. The molecule has 3 rings (SSSR count). The Kier molecular flexibility index (Phi) is 7.39. The molecule has 1 atom stereocenters. The van der Waals surface area contributed by atoms with Gasteiger partial charge in [-0.25, -0.2) is 8.42 Å². The number of ketones is 1. The highest BCUT2D eigenvalue weighted by Crippen LogP contribution is 2.47. The molecule has 2 aromatic carbocycles. The number of amides is 2. The summed E-state index contributed by atoms with van der Waals surface area (Å²) in [5.74, 6) is -3.10. The largest absolute Gasteiger partial charge is 0.421 e. The quantitative estimate of drug-likeness (QED) is 0.548. The van der Waals surface area contributed by atoms with Crippen molar-refractivity contribution in [3.05, 3.63) is 65.4 Å². The maximum absolute atomic E-state index is 14.8. The maximum atomic E-state index is 14.8. The minimum atomic E-state index is -5.51. The summed E-state index contributed by atoms with van der Waals surface area (Å²) >= 11 is 0. The smallest absolute Gasteiger partial charge is 0.326 e. The fraction of sp³-hybridized carbons (Fsp3) is 0.320. The standard InChI is InChI=1S/C25H26F3N3O5S/c1-14(2)18-6-10-20(11-7-18)31-15(3)22(16(4)32)24(23(31)34,25(26,27)28)30-37(35,36)21-12-8-19(9-13-21)29-17(5)33/h6-14,30H,1-5H3,(H,29,33). The van der Waals surface area contributed by atoms with E-state index in [1.807, 2.05) is 13.8 Å². The normalized spacial score (nSPS) is 18.5. The van der Waals surface area contributed by atoms with Crippen LogP contribution in [0.2, 0.25) is 0 Å². The van der Waals surface area contributed by atoms with E-state index in [1.165, 1.54) is 35.9 Å². The number of carbonyl (C=O) groups excluding carboxylic acids is 3. The van der Waals surface area contributed by atoms with Gasteiger partial charge in [0, 0.05) is 24.0 Å². The summed E-state index contributed by atoms with van der Waals surface area (Å²) in [5.41, 5.74) is -4.07. The van der Waals surface area contributed by atoms with Crippen LogP contribution in [0.3, 0.4) is 0 Å². The molecule has 0 radical (unpaired) electrons. The van der Waals surface area contributed by atoms with E-state index < -0.39 is 49.8 Å². The molecule has 0 fully saturated rings. The van der Waals surface area contributed by atoms with Gasteiger partial charge in [0.05, 0.1) is 10.5 Å². The van der Waals surface area contributed by atoms with Gasteiger partial charge in [-0.2, -0.15) is 17.9 Å². The fourth-order valence-corrected chi connectivity index (χ4v) is 5.57. The zero-order valence-corrected chi connectivity index (χ0v) is 21.5. The zero-order valence-electron chi connectivity index (χ0n) is 20.7. The van der Waals surface area contributed by atoms with Crippen LogP contribution in [-0.4, -0.2) is 37.7 Å². The van der Waals surface area contributed by atoms with Crippen molar-refractivity contribution in [3.63, 3.8) is 0 Å². The highest BCUT2D eigenvalue weighted by atomic mass is 32.2. The number of benzene rings is 2. The van der Waals surface area contributed by atoms with Gasteiger partial charge in [0.1, 0.15) is 0 Å². The number of hydrogen-bond donors (Lipinski definition) is 2. The Hall–Kier alpha value is -3.51. The molecule has 0 saturated carbocycles. The van der Waals surface area contributed by atoms with Gasteiger partial charge in [0.15, 0.2) is 5.78 Å². The summed E-state index contributed by atoms with van der Waals surface area (Å²) in [5, 5.41) is 2.41. The van der Waals surface area contributed by atoms with E-state index >= 15 is 0 Å². The number of anilines is 2. The molecule has 1 unspecified atom stereocenters. The lowest BCUT2D eigenvalue weighted by Crippen LogP contribution is -2.66. The predicted octanol–water partition coefficient (Wildman–Crippen LogP) is 4.26. The van der Waals surface area contributed by atoms with Crippen molar-refractivity contribution in [2.45, 2.75) is 57.1 Å². The van der Waals surface area contributed by atoms with Crippen LogP contribution in [0.5, 0.6) is 0 Å². The Morgan fingerprint density at radius 3 is 1.95 bits per heavy atom. The van der Waals surface area contributed by atoms with Crippen LogP contribution in [0.1, 0.15) is 46.1 Å². The average Bonchev–Trinajstić information content (AvgIpc) is 3.00. The molecule has 2 N–H and O–H groups in total. The second-order valence-corrected chi connectivity index (χ2v) is 10.6. The molecule has 1 aliphatic rings. The van der Waals surface area contributed by atoms with Gasteiger partial charge in [-0.05, 0) is 61.7 Å². The van der Waals surface area contributed by atoms with Gasteiger partial charge in [0.25, 0.3) is 5.91 Å². The third kappa shape index (κ3) is 5.03. The van der Waals surface area contributed by atoms with Crippen molar-refractivity contribution >= 4 is 39.0 Å². The van der Waals surface area contributed by atoms with Crippen molar-refractivity contribution in [1.29, 1.82) is 0 Å². The fourth-order valence-electron chi connectivity index (χ4n) is 4.24. The molecule has 8 nitrogen and oxygen atoms in total. The molecule has 0 spiro atoms. The minimum absolute atomic E-state index is 0.0515. The number of sulfonamides is 1. The molecule has 2 amide bonds. The molecule has 2 aromatic rings. The molecule has 0 saturated heterocycles. The lowest BCUT2D eigenvalue weighted by molar-refractivity contribution is -0.183. The lowest BCUT2D eigenvalue weighted by atomic mass is 9.88. The third-order valence-corrected chi connectivity index (χ3v) is 7.43. The first-order valence-electron chi connectivity index (χ1n) is 11.2. The van der Waals surface area contributed by atoms with Crippen LogP contribution in [0.25, 0.3) is 0 Å². The summed E-state index contributed by atoms with van der Waals surface area (Å²) in [6.07, 6.45) is -5.51. The van der Waals surface area contributed by atoms with E-state index in [0.717, 1.165) is 31.5 Å². The number of allylic oxidation sites excluding steroid dienone is 1. The molecular formula is C25H26F3N3O5S. The summed E-state index contributed by atoms with van der Waals surface area (Å²) in [6.45, 7) is 7.07. The highest BCUT2D eigenvalue weighted by Gasteiger charge is 2.70. The minimum Gasteiger partial charge on any atom is -0.326 e. The van der Waals surface area contributed by atoms with Gasteiger partial charge in [0.2, 0.25) is 21.5 Å². The van der Waals surface area contributed by atoms with Crippen molar-refractivity contribution < 1.29 is 36.0 Å². The van der Waals surface area contributed by atoms with Gasteiger partial charge < -0.3 is 5.32 Å². The average molecular weight is 538 g/mol. The molecule has 1 heterocycles. The molecule has 0 aliphatic carbocycles. The maximum Gasteiger partial charge on any atom is 0.421 e. The molecule has 0 bridgehead atoms. The number of alkyl halides is 3. The highest BCUT2D eigenvalue weighted by molar-refractivity contribution is 7.89.